The summed E-state index contributed by atoms with van der Waals surface area (Å²) in [5, 5.41) is 0. The second-order valence-electron chi connectivity index (χ2n) is 17.5. The Labute approximate surface area is 268 Å². The zero-order valence-electron chi connectivity index (χ0n) is 31.7. The Balaban J connectivity index is 1.91. The zero-order valence-corrected chi connectivity index (χ0v) is 31.7. The van der Waals surface area contributed by atoms with Gasteiger partial charge >= 0.3 is 0 Å². The predicted molar refractivity (Wildman–Crippen MR) is 191 cm³/mol. The van der Waals surface area contributed by atoms with E-state index in [-0.39, 0.29) is 0 Å². The monoisotopic (exact) mass is 587 g/mol. The summed E-state index contributed by atoms with van der Waals surface area (Å²) in [7, 11) is 0. The summed E-state index contributed by atoms with van der Waals surface area (Å²) in [4.78, 5) is 0. The maximum absolute atomic E-state index is 2.68. The molecule has 0 N–H and O–H groups in total. The van der Waals surface area contributed by atoms with Crippen molar-refractivity contribution in [2.75, 3.05) is 0 Å². The zero-order chi connectivity index (χ0) is 31.7. The minimum Gasteiger partial charge on any atom is -0.0654 e. The minimum absolute atomic E-state index is 0.543. The first-order valence-electron chi connectivity index (χ1n) is 19.8. The average Bonchev–Trinajstić information content (AvgIpc) is 3.63. The van der Waals surface area contributed by atoms with Crippen molar-refractivity contribution in [1.29, 1.82) is 0 Å². The quantitative estimate of drug-likeness (QED) is 0.104. The standard InChI is InChI=1S/C42H82/c1-14-19-23-36(16-3)24-20-21-25-38(22-15-2)32(8)28-40(12)30-39(40)35(11)34(10)37(17-4)26-27-42(18-5)33(9)29-41(42,13)31(6)7/h31-39H,14-30H2,1-13H3. The lowest BCUT2D eigenvalue weighted by Crippen LogP contribution is -2.58. The molecule has 0 spiro atoms. The van der Waals surface area contributed by atoms with Gasteiger partial charge in [-0.3, -0.25) is 0 Å². The molecule has 2 saturated carbocycles. The molecule has 2 aliphatic carbocycles. The van der Waals surface area contributed by atoms with E-state index in [1.54, 1.807) is 0 Å². The van der Waals surface area contributed by atoms with Gasteiger partial charge in [0.05, 0.1) is 0 Å². The summed E-state index contributed by atoms with van der Waals surface area (Å²) in [6.07, 6.45) is 24.4. The van der Waals surface area contributed by atoms with Gasteiger partial charge in [-0.1, -0.05) is 161 Å². The van der Waals surface area contributed by atoms with Crippen LogP contribution in [0.5, 0.6) is 0 Å². The van der Waals surface area contributed by atoms with Gasteiger partial charge < -0.3 is 0 Å². The summed E-state index contributed by atoms with van der Waals surface area (Å²) in [6, 6.07) is 0. The summed E-state index contributed by atoms with van der Waals surface area (Å²) in [5.74, 6) is 8.11. The van der Waals surface area contributed by atoms with E-state index in [1.807, 2.05) is 0 Å². The van der Waals surface area contributed by atoms with Crippen molar-refractivity contribution in [3.63, 3.8) is 0 Å². The lowest BCUT2D eigenvalue weighted by atomic mass is 9.39. The van der Waals surface area contributed by atoms with Crippen molar-refractivity contribution in [2.45, 2.75) is 199 Å². The van der Waals surface area contributed by atoms with Crippen LogP contribution in [0.15, 0.2) is 0 Å². The van der Waals surface area contributed by atoms with Crippen LogP contribution in [0.3, 0.4) is 0 Å². The Morgan fingerprint density at radius 1 is 0.690 bits per heavy atom. The van der Waals surface area contributed by atoms with Gasteiger partial charge in [-0.25, -0.2) is 0 Å². The smallest absolute Gasteiger partial charge is 0.0218 e. The van der Waals surface area contributed by atoms with E-state index in [0.717, 1.165) is 53.3 Å². The molecule has 0 aromatic carbocycles. The van der Waals surface area contributed by atoms with Crippen LogP contribution in [-0.4, -0.2) is 0 Å². The molecule has 0 amide bonds. The van der Waals surface area contributed by atoms with Crippen molar-refractivity contribution >= 4 is 0 Å². The van der Waals surface area contributed by atoms with E-state index in [0.29, 0.717) is 16.2 Å². The van der Waals surface area contributed by atoms with Crippen LogP contribution in [0.25, 0.3) is 0 Å². The number of hydrogen-bond acceptors (Lipinski definition) is 0. The van der Waals surface area contributed by atoms with Gasteiger partial charge in [-0.2, -0.15) is 0 Å². The van der Waals surface area contributed by atoms with Crippen LogP contribution < -0.4 is 0 Å². The van der Waals surface area contributed by atoms with Crippen LogP contribution in [0.2, 0.25) is 0 Å². The third kappa shape index (κ3) is 8.83. The first-order chi connectivity index (χ1) is 19.8. The van der Waals surface area contributed by atoms with Gasteiger partial charge in [-0.05, 0) is 108 Å². The topological polar surface area (TPSA) is 0 Å². The number of unbranched alkanes of at least 4 members (excludes halogenated alkanes) is 2. The molecule has 0 aromatic heterocycles. The first kappa shape index (κ1) is 38.2. The minimum atomic E-state index is 0.543. The van der Waals surface area contributed by atoms with Gasteiger partial charge in [0, 0.05) is 0 Å². The summed E-state index contributed by atoms with van der Waals surface area (Å²) in [6.45, 7) is 33.0. The molecular weight excluding hydrogens is 504 g/mol. The Hall–Kier alpha value is 0. The molecule has 11 unspecified atom stereocenters. The highest BCUT2D eigenvalue weighted by Gasteiger charge is 2.60. The molecule has 0 heterocycles. The van der Waals surface area contributed by atoms with E-state index in [9.17, 15) is 0 Å². The Kier molecular flexibility index (Phi) is 15.5. The van der Waals surface area contributed by atoms with Crippen LogP contribution in [0.1, 0.15) is 199 Å². The fourth-order valence-electron chi connectivity index (χ4n) is 11.2. The molecule has 0 heteroatoms. The van der Waals surface area contributed by atoms with Crippen molar-refractivity contribution in [3.8, 4) is 0 Å². The van der Waals surface area contributed by atoms with Crippen LogP contribution in [-0.2, 0) is 0 Å². The third-order valence-electron chi connectivity index (χ3n) is 15.1. The maximum Gasteiger partial charge on any atom is -0.0218 e. The normalized spacial score (nSPS) is 33.6. The van der Waals surface area contributed by atoms with E-state index < -0.39 is 0 Å². The highest BCUT2D eigenvalue weighted by molar-refractivity contribution is 5.09. The van der Waals surface area contributed by atoms with Crippen LogP contribution in [0, 0.1) is 69.5 Å². The van der Waals surface area contributed by atoms with E-state index >= 15 is 0 Å². The van der Waals surface area contributed by atoms with Crippen molar-refractivity contribution in [3.05, 3.63) is 0 Å². The molecule has 0 radical (unpaired) electrons. The molecule has 250 valence electrons. The van der Waals surface area contributed by atoms with Crippen LogP contribution in [0.4, 0.5) is 0 Å². The lowest BCUT2D eigenvalue weighted by molar-refractivity contribution is -0.167. The second kappa shape index (κ2) is 17.1. The van der Waals surface area contributed by atoms with Gasteiger partial charge in [0.2, 0.25) is 0 Å². The molecule has 42 heavy (non-hydrogen) atoms. The van der Waals surface area contributed by atoms with Crippen molar-refractivity contribution in [2.24, 2.45) is 69.5 Å². The molecular formula is C42H82. The number of rotatable bonds is 23. The molecule has 2 rings (SSSR count). The fraction of sp³-hybridized carbons (Fsp3) is 1.00. The van der Waals surface area contributed by atoms with Gasteiger partial charge in [-0.15, -0.1) is 0 Å². The van der Waals surface area contributed by atoms with Crippen molar-refractivity contribution < 1.29 is 0 Å². The first-order valence-corrected chi connectivity index (χ1v) is 19.8. The summed E-state index contributed by atoms with van der Waals surface area (Å²) >= 11 is 0. The summed E-state index contributed by atoms with van der Waals surface area (Å²) < 4.78 is 0. The highest BCUT2D eigenvalue weighted by Crippen LogP contribution is 2.68. The van der Waals surface area contributed by atoms with Gasteiger partial charge in [0.15, 0.2) is 0 Å². The SMILES string of the molecule is CCCCC(CC)CCCCC(CCC)C(C)CC1(C)CC1C(C)C(C)C(CC)CCC1(CC)C(C)CC1(C)C(C)C. The third-order valence-corrected chi connectivity index (χ3v) is 15.1. The van der Waals surface area contributed by atoms with Gasteiger partial charge in [0.1, 0.15) is 0 Å². The maximum atomic E-state index is 2.68. The Bertz CT molecular complexity index is 736. The molecule has 0 aliphatic heterocycles. The molecule has 0 bridgehead atoms. The fourth-order valence-corrected chi connectivity index (χ4v) is 11.2. The Morgan fingerprint density at radius 3 is 1.86 bits per heavy atom. The summed E-state index contributed by atoms with van der Waals surface area (Å²) in [5.41, 5.74) is 1.72. The molecule has 0 nitrogen and oxygen atoms in total. The Morgan fingerprint density at radius 2 is 1.33 bits per heavy atom. The largest absolute Gasteiger partial charge is 0.0654 e. The van der Waals surface area contributed by atoms with E-state index in [4.69, 9.17) is 0 Å². The second-order valence-corrected chi connectivity index (χ2v) is 17.5. The van der Waals surface area contributed by atoms with E-state index in [1.165, 1.54) is 109 Å². The lowest BCUT2D eigenvalue weighted by Gasteiger charge is -2.66. The molecule has 2 fully saturated rings. The van der Waals surface area contributed by atoms with Crippen molar-refractivity contribution in [1.82, 2.24) is 0 Å². The molecule has 0 saturated heterocycles. The highest BCUT2D eigenvalue weighted by atomic mass is 14.6. The molecule has 0 aromatic rings. The number of hydrogen-bond donors (Lipinski definition) is 0. The average molecular weight is 587 g/mol. The van der Waals surface area contributed by atoms with Gasteiger partial charge in [0.25, 0.3) is 0 Å². The molecule has 11 atom stereocenters. The predicted octanol–water partition coefficient (Wildman–Crippen LogP) is 14.4. The molecule has 2 aliphatic rings. The van der Waals surface area contributed by atoms with Crippen LogP contribution >= 0.6 is 0 Å². The van der Waals surface area contributed by atoms with E-state index in [2.05, 4.69) is 90.0 Å².